The van der Waals surface area contributed by atoms with Crippen LogP contribution in [0.4, 0.5) is 21.7 Å². The fraction of sp³-hybridized carbons (Fsp3) is 0.375. The van der Waals surface area contributed by atoms with Crippen molar-refractivity contribution in [1.82, 2.24) is 9.97 Å². The maximum absolute atomic E-state index is 13.0. The summed E-state index contributed by atoms with van der Waals surface area (Å²) in [5, 5.41) is 3.06. The molecule has 5 heteroatoms. The van der Waals surface area contributed by atoms with Gasteiger partial charge in [0.25, 0.3) is 0 Å². The van der Waals surface area contributed by atoms with Crippen molar-refractivity contribution < 1.29 is 4.39 Å². The van der Waals surface area contributed by atoms with Crippen LogP contribution in [0, 0.1) is 5.82 Å². The van der Waals surface area contributed by atoms with Gasteiger partial charge >= 0.3 is 0 Å². The summed E-state index contributed by atoms with van der Waals surface area (Å²) in [6.07, 6.45) is 0. The zero-order chi connectivity index (χ0) is 15.6. The first-order valence-corrected chi connectivity index (χ1v) is 6.88. The second kappa shape index (κ2) is 5.68. The van der Waals surface area contributed by atoms with E-state index in [0.29, 0.717) is 0 Å². The van der Waals surface area contributed by atoms with Crippen molar-refractivity contribution in [3.8, 4) is 0 Å². The third kappa shape index (κ3) is 3.48. The van der Waals surface area contributed by atoms with Crippen LogP contribution in [0.2, 0.25) is 0 Å². The molecule has 0 aliphatic heterocycles. The van der Waals surface area contributed by atoms with E-state index in [1.807, 2.05) is 25.1 Å². The van der Waals surface area contributed by atoms with Crippen LogP contribution in [0.5, 0.6) is 0 Å². The van der Waals surface area contributed by atoms with Gasteiger partial charge in [-0.3, -0.25) is 0 Å². The Hall–Kier alpha value is -2.17. The topological polar surface area (TPSA) is 41.0 Å². The molecule has 1 aromatic heterocycles. The lowest BCUT2D eigenvalue weighted by atomic mass is 9.96. The molecule has 4 nitrogen and oxygen atoms in total. The van der Waals surface area contributed by atoms with E-state index < -0.39 is 0 Å². The van der Waals surface area contributed by atoms with E-state index in [2.05, 4.69) is 36.1 Å². The van der Waals surface area contributed by atoms with Crippen molar-refractivity contribution in [3.63, 3.8) is 0 Å². The first-order chi connectivity index (χ1) is 9.81. The summed E-state index contributed by atoms with van der Waals surface area (Å²) in [6.45, 7) is 6.22. The maximum Gasteiger partial charge on any atom is 0.138 e. The van der Waals surface area contributed by atoms with E-state index in [9.17, 15) is 4.39 Å². The average Bonchev–Trinajstić information content (AvgIpc) is 2.46. The predicted molar refractivity (Wildman–Crippen MR) is 84.7 cm³/mol. The summed E-state index contributed by atoms with van der Waals surface area (Å²) in [5.41, 5.74) is 0.725. The van der Waals surface area contributed by atoms with Gasteiger partial charge in [0.2, 0.25) is 0 Å². The van der Waals surface area contributed by atoms with Gasteiger partial charge in [0, 0.05) is 31.3 Å². The van der Waals surface area contributed by atoms with Gasteiger partial charge in [-0.05, 0) is 24.3 Å². The third-order valence-corrected chi connectivity index (χ3v) is 3.20. The number of halogens is 1. The summed E-state index contributed by atoms with van der Waals surface area (Å²) in [7, 11) is 3.73. The van der Waals surface area contributed by atoms with Crippen molar-refractivity contribution in [1.29, 1.82) is 0 Å². The highest BCUT2D eigenvalue weighted by Gasteiger charge is 2.20. The van der Waals surface area contributed by atoms with Gasteiger partial charge in [0.1, 0.15) is 23.3 Å². The highest BCUT2D eigenvalue weighted by atomic mass is 19.1. The quantitative estimate of drug-likeness (QED) is 0.934. The minimum Gasteiger partial charge on any atom is -0.373 e. The first-order valence-electron chi connectivity index (χ1n) is 6.88. The van der Waals surface area contributed by atoms with Crippen LogP contribution in [0.15, 0.2) is 30.3 Å². The van der Waals surface area contributed by atoms with Crippen molar-refractivity contribution in [2.24, 2.45) is 0 Å². The number of hydrogen-bond acceptors (Lipinski definition) is 4. The van der Waals surface area contributed by atoms with Gasteiger partial charge < -0.3 is 10.2 Å². The van der Waals surface area contributed by atoms with E-state index in [0.717, 1.165) is 23.1 Å². The van der Waals surface area contributed by atoms with E-state index in [-0.39, 0.29) is 11.2 Å². The number of benzene rings is 1. The molecule has 0 atom stereocenters. The second-order valence-electron chi connectivity index (χ2n) is 5.97. The molecule has 0 saturated carbocycles. The zero-order valence-corrected chi connectivity index (χ0v) is 13.1. The molecule has 21 heavy (non-hydrogen) atoms. The van der Waals surface area contributed by atoms with Gasteiger partial charge in [0.05, 0.1) is 0 Å². The number of hydrogen-bond donors (Lipinski definition) is 1. The van der Waals surface area contributed by atoms with Crippen molar-refractivity contribution in [2.75, 3.05) is 24.3 Å². The third-order valence-electron chi connectivity index (χ3n) is 3.20. The van der Waals surface area contributed by atoms with Crippen LogP contribution < -0.4 is 10.2 Å². The van der Waals surface area contributed by atoms with Gasteiger partial charge in [0.15, 0.2) is 0 Å². The molecule has 0 spiro atoms. The Balaban J connectivity index is 2.45. The molecule has 0 aliphatic rings. The van der Waals surface area contributed by atoms with Crippen LogP contribution in [-0.2, 0) is 5.41 Å². The molecule has 0 bridgehead atoms. The average molecular weight is 288 g/mol. The molecule has 0 unspecified atom stereocenters. The molecule has 2 aromatic rings. The Morgan fingerprint density at radius 3 is 2.24 bits per heavy atom. The molecular formula is C16H21FN4. The van der Waals surface area contributed by atoms with Gasteiger partial charge in [-0.15, -0.1) is 0 Å². The van der Waals surface area contributed by atoms with Crippen LogP contribution in [0.3, 0.4) is 0 Å². The van der Waals surface area contributed by atoms with Gasteiger partial charge in [-0.2, -0.15) is 0 Å². The largest absolute Gasteiger partial charge is 0.373 e. The fourth-order valence-corrected chi connectivity index (χ4v) is 1.87. The molecule has 1 N–H and O–H groups in total. The summed E-state index contributed by atoms with van der Waals surface area (Å²) < 4.78 is 13.0. The molecule has 0 fully saturated rings. The molecule has 0 amide bonds. The minimum absolute atomic E-state index is 0.148. The maximum atomic E-state index is 13.0. The molecular weight excluding hydrogens is 267 g/mol. The van der Waals surface area contributed by atoms with Crippen LogP contribution in [0.1, 0.15) is 26.6 Å². The molecule has 2 rings (SSSR count). The Morgan fingerprint density at radius 2 is 1.71 bits per heavy atom. The van der Waals surface area contributed by atoms with E-state index in [4.69, 9.17) is 0 Å². The van der Waals surface area contributed by atoms with Crippen molar-refractivity contribution >= 4 is 17.3 Å². The molecule has 0 saturated heterocycles. The standard InChI is InChI=1S/C16H21FN4/c1-16(2,3)15-19-13(18-4)10-14(20-15)21(5)12-8-6-11(17)7-9-12/h6-10H,1-5H3,(H,18,19,20). The van der Waals surface area contributed by atoms with Gasteiger partial charge in [-0.25, -0.2) is 14.4 Å². The highest BCUT2D eigenvalue weighted by molar-refractivity contribution is 5.61. The highest BCUT2D eigenvalue weighted by Crippen LogP contribution is 2.27. The van der Waals surface area contributed by atoms with Crippen molar-refractivity contribution in [3.05, 3.63) is 42.0 Å². The van der Waals surface area contributed by atoms with E-state index >= 15 is 0 Å². The fourth-order valence-electron chi connectivity index (χ4n) is 1.87. The SMILES string of the molecule is CNc1cc(N(C)c2ccc(F)cc2)nc(C(C)(C)C)n1. The van der Waals surface area contributed by atoms with Gasteiger partial charge in [-0.1, -0.05) is 20.8 Å². The Labute approximate surface area is 125 Å². The predicted octanol–water partition coefficient (Wildman–Crippen LogP) is 3.72. The molecule has 0 aliphatic carbocycles. The summed E-state index contributed by atoms with van der Waals surface area (Å²) in [6, 6.07) is 8.21. The molecule has 0 radical (unpaired) electrons. The lowest BCUT2D eigenvalue weighted by molar-refractivity contribution is 0.546. The van der Waals surface area contributed by atoms with Crippen molar-refractivity contribution in [2.45, 2.75) is 26.2 Å². The summed E-state index contributed by atoms with van der Waals surface area (Å²) in [4.78, 5) is 11.1. The number of anilines is 3. The Morgan fingerprint density at radius 1 is 1.10 bits per heavy atom. The monoisotopic (exact) mass is 288 g/mol. The second-order valence-corrected chi connectivity index (χ2v) is 5.97. The number of aromatic nitrogens is 2. The lowest BCUT2D eigenvalue weighted by Crippen LogP contribution is -2.20. The smallest absolute Gasteiger partial charge is 0.138 e. The minimum atomic E-state index is -0.249. The Kier molecular flexibility index (Phi) is 4.11. The zero-order valence-electron chi connectivity index (χ0n) is 13.1. The normalized spacial score (nSPS) is 11.3. The summed E-state index contributed by atoms with van der Waals surface area (Å²) >= 11 is 0. The Bertz CT molecular complexity index is 617. The number of nitrogens with one attached hydrogen (secondary N) is 1. The van der Waals surface area contributed by atoms with E-state index in [1.54, 1.807) is 12.1 Å². The lowest BCUT2D eigenvalue weighted by Gasteiger charge is -2.23. The first kappa shape index (κ1) is 15.2. The summed E-state index contributed by atoms with van der Waals surface area (Å²) in [5.74, 6) is 2.05. The van der Waals surface area contributed by atoms with Crippen LogP contribution in [-0.4, -0.2) is 24.1 Å². The number of nitrogens with zero attached hydrogens (tertiary/aromatic N) is 3. The molecule has 112 valence electrons. The number of rotatable bonds is 3. The molecule has 1 aromatic carbocycles. The molecule has 1 heterocycles. The van der Waals surface area contributed by atoms with Crippen LogP contribution in [0.25, 0.3) is 0 Å². The van der Waals surface area contributed by atoms with Crippen LogP contribution >= 0.6 is 0 Å². The van der Waals surface area contributed by atoms with E-state index in [1.165, 1.54) is 12.1 Å².